The summed E-state index contributed by atoms with van der Waals surface area (Å²) in [5, 5.41) is 2.45. The standard InChI is InChI=1S/C61H42N2/c1-5-21-43(22-6-1)44-23-19-30-49(41-44)62(48-28-11-4-12-29-48)56-36-17-14-31-50(56)45-39-40-53-52-33-15-18-37-57(52)63(59(53)42-45)58-38-20-34-54-51-32-13-16-35-55(51)61(60(54)58,46-24-7-2-8-25-46)47-26-9-3-10-27-47/h1-42H. The first-order chi connectivity index (χ1) is 31.3. The van der Waals surface area contributed by atoms with Gasteiger partial charge in [-0.2, -0.15) is 0 Å². The maximum absolute atomic E-state index is 2.54. The van der Waals surface area contributed by atoms with Gasteiger partial charge in [0, 0.05) is 33.3 Å². The summed E-state index contributed by atoms with van der Waals surface area (Å²) in [5.74, 6) is 0. The summed E-state index contributed by atoms with van der Waals surface area (Å²) in [4.78, 5) is 2.40. The van der Waals surface area contributed by atoms with Crippen LogP contribution in [0, 0.1) is 0 Å². The Kier molecular flexibility index (Phi) is 8.76. The monoisotopic (exact) mass is 802 g/mol. The second-order valence-electron chi connectivity index (χ2n) is 16.4. The molecule has 0 saturated carbocycles. The Morgan fingerprint density at radius 2 is 0.889 bits per heavy atom. The molecule has 0 radical (unpaired) electrons. The normalized spacial score (nSPS) is 12.6. The van der Waals surface area contributed by atoms with Crippen molar-refractivity contribution in [1.82, 2.24) is 4.57 Å². The van der Waals surface area contributed by atoms with Gasteiger partial charge in [-0.15, -0.1) is 0 Å². The van der Waals surface area contributed by atoms with Gasteiger partial charge < -0.3 is 9.47 Å². The number of para-hydroxylation sites is 3. The SMILES string of the molecule is c1ccc(-c2cccc(N(c3ccccc3)c3ccccc3-c3ccc4c5ccccc5n(-c5cccc6c5C(c5ccccc5)(c5ccccc5)c5ccccc5-6)c4c3)c2)cc1. The molecule has 63 heavy (non-hydrogen) atoms. The molecular weight excluding hydrogens is 761 g/mol. The van der Waals surface area contributed by atoms with E-state index in [1.165, 1.54) is 72.0 Å². The molecule has 0 N–H and O–H groups in total. The number of hydrogen-bond acceptors (Lipinski definition) is 1. The van der Waals surface area contributed by atoms with Crippen LogP contribution in [0.2, 0.25) is 0 Å². The number of fused-ring (bicyclic) bond motifs is 6. The summed E-state index contributed by atoms with van der Waals surface area (Å²) in [6, 6.07) is 93.3. The summed E-state index contributed by atoms with van der Waals surface area (Å²) in [6.07, 6.45) is 0. The maximum atomic E-state index is 2.54. The highest BCUT2D eigenvalue weighted by Gasteiger charge is 2.48. The zero-order valence-corrected chi connectivity index (χ0v) is 34.6. The van der Waals surface area contributed by atoms with E-state index in [1.807, 2.05) is 0 Å². The van der Waals surface area contributed by atoms with E-state index in [-0.39, 0.29) is 0 Å². The fourth-order valence-electron chi connectivity index (χ4n) is 10.4. The quantitative estimate of drug-likeness (QED) is 0.149. The Labute approximate surface area is 368 Å². The molecule has 0 bridgehead atoms. The van der Waals surface area contributed by atoms with Gasteiger partial charge in [-0.05, 0) is 93.0 Å². The minimum atomic E-state index is -0.558. The van der Waals surface area contributed by atoms with Crippen LogP contribution in [0.4, 0.5) is 17.1 Å². The molecular formula is C61H42N2. The lowest BCUT2D eigenvalue weighted by Crippen LogP contribution is -2.29. The summed E-state index contributed by atoms with van der Waals surface area (Å²) in [6.45, 7) is 0. The van der Waals surface area contributed by atoms with E-state index in [9.17, 15) is 0 Å². The molecule has 10 aromatic carbocycles. The highest BCUT2D eigenvalue weighted by Crippen LogP contribution is 2.58. The van der Waals surface area contributed by atoms with E-state index in [1.54, 1.807) is 0 Å². The molecule has 0 amide bonds. The Balaban J connectivity index is 1.12. The van der Waals surface area contributed by atoms with Gasteiger partial charge in [0.15, 0.2) is 0 Å². The fraction of sp³-hybridized carbons (Fsp3) is 0.0164. The minimum Gasteiger partial charge on any atom is -0.310 e. The van der Waals surface area contributed by atoms with Crippen LogP contribution in [-0.2, 0) is 5.41 Å². The van der Waals surface area contributed by atoms with Gasteiger partial charge in [0.1, 0.15) is 0 Å². The third-order valence-electron chi connectivity index (χ3n) is 13.0. The van der Waals surface area contributed by atoms with E-state index in [0.29, 0.717) is 0 Å². The third-order valence-corrected chi connectivity index (χ3v) is 13.0. The molecule has 1 heterocycles. The van der Waals surface area contributed by atoms with Crippen molar-refractivity contribution >= 4 is 38.9 Å². The number of rotatable bonds is 8. The molecule has 0 spiro atoms. The van der Waals surface area contributed by atoms with Crippen molar-refractivity contribution in [1.29, 1.82) is 0 Å². The second-order valence-corrected chi connectivity index (χ2v) is 16.4. The Bertz CT molecular complexity index is 3400. The van der Waals surface area contributed by atoms with Gasteiger partial charge in [-0.1, -0.05) is 206 Å². The van der Waals surface area contributed by atoms with Crippen LogP contribution in [0.15, 0.2) is 255 Å². The maximum Gasteiger partial charge on any atom is 0.0734 e. The van der Waals surface area contributed by atoms with E-state index < -0.39 is 5.41 Å². The Morgan fingerprint density at radius 1 is 0.333 bits per heavy atom. The summed E-state index contributed by atoms with van der Waals surface area (Å²) < 4.78 is 2.54. The number of hydrogen-bond donors (Lipinski definition) is 0. The van der Waals surface area contributed by atoms with Crippen molar-refractivity contribution in [3.05, 3.63) is 277 Å². The molecule has 0 saturated heterocycles. The van der Waals surface area contributed by atoms with Crippen molar-refractivity contribution in [2.24, 2.45) is 0 Å². The van der Waals surface area contributed by atoms with Gasteiger partial charge >= 0.3 is 0 Å². The first-order valence-corrected chi connectivity index (χ1v) is 21.8. The summed E-state index contributed by atoms with van der Waals surface area (Å²) >= 11 is 0. The van der Waals surface area contributed by atoms with E-state index in [4.69, 9.17) is 0 Å². The molecule has 0 unspecified atom stereocenters. The number of benzene rings is 10. The van der Waals surface area contributed by atoms with E-state index in [2.05, 4.69) is 264 Å². The molecule has 1 aliphatic rings. The molecule has 0 atom stereocenters. The molecule has 2 nitrogen and oxygen atoms in total. The van der Waals surface area contributed by atoms with Crippen molar-refractivity contribution in [2.75, 3.05) is 4.90 Å². The molecule has 1 aliphatic carbocycles. The first-order valence-electron chi connectivity index (χ1n) is 21.8. The smallest absolute Gasteiger partial charge is 0.0734 e. The van der Waals surface area contributed by atoms with Crippen LogP contribution in [0.1, 0.15) is 22.3 Å². The average Bonchev–Trinajstić information content (AvgIpc) is 3.86. The predicted octanol–water partition coefficient (Wildman–Crippen LogP) is 16.0. The Hall–Kier alpha value is -8.20. The first kappa shape index (κ1) is 36.6. The average molecular weight is 803 g/mol. The zero-order valence-electron chi connectivity index (χ0n) is 34.6. The minimum absolute atomic E-state index is 0.558. The molecule has 296 valence electrons. The van der Waals surface area contributed by atoms with Crippen molar-refractivity contribution in [2.45, 2.75) is 5.41 Å². The Morgan fingerprint density at radius 3 is 1.65 bits per heavy atom. The molecule has 12 rings (SSSR count). The lowest BCUT2D eigenvalue weighted by molar-refractivity contribution is 0.762. The van der Waals surface area contributed by atoms with Crippen LogP contribution in [-0.4, -0.2) is 4.57 Å². The molecule has 2 heteroatoms. The van der Waals surface area contributed by atoms with Crippen molar-refractivity contribution in [3.63, 3.8) is 0 Å². The topological polar surface area (TPSA) is 8.17 Å². The molecule has 1 aromatic heterocycles. The van der Waals surface area contributed by atoms with Crippen LogP contribution in [0.25, 0.3) is 60.9 Å². The lowest BCUT2D eigenvalue weighted by atomic mass is 9.67. The summed E-state index contributed by atoms with van der Waals surface area (Å²) in [7, 11) is 0. The van der Waals surface area contributed by atoms with Gasteiger partial charge in [0.05, 0.1) is 27.8 Å². The van der Waals surface area contributed by atoms with Gasteiger partial charge in [0.25, 0.3) is 0 Å². The van der Waals surface area contributed by atoms with Gasteiger partial charge in [0.2, 0.25) is 0 Å². The van der Waals surface area contributed by atoms with Crippen LogP contribution in [0.3, 0.4) is 0 Å². The fourth-order valence-corrected chi connectivity index (χ4v) is 10.4. The van der Waals surface area contributed by atoms with Gasteiger partial charge in [-0.25, -0.2) is 0 Å². The van der Waals surface area contributed by atoms with Crippen molar-refractivity contribution in [3.8, 4) is 39.1 Å². The highest BCUT2D eigenvalue weighted by atomic mass is 15.1. The number of aromatic nitrogens is 1. The van der Waals surface area contributed by atoms with Crippen LogP contribution >= 0.6 is 0 Å². The van der Waals surface area contributed by atoms with E-state index >= 15 is 0 Å². The largest absolute Gasteiger partial charge is 0.310 e. The number of nitrogens with zero attached hydrogens (tertiary/aromatic N) is 2. The molecule has 0 fully saturated rings. The lowest BCUT2D eigenvalue weighted by Gasteiger charge is -2.35. The van der Waals surface area contributed by atoms with Crippen molar-refractivity contribution < 1.29 is 0 Å². The summed E-state index contributed by atoms with van der Waals surface area (Å²) in [5.41, 5.74) is 18.6. The highest BCUT2D eigenvalue weighted by molar-refractivity contribution is 6.11. The van der Waals surface area contributed by atoms with Crippen LogP contribution < -0.4 is 4.90 Å². The zero-order chi connectivity index (χ0) is 41.7. The second kappa shape index (κ2) is 15.1. The molecule has 0 aliphatic heterocycles. The van der Waals surface area contributed by atoms with Crippen LogP contribution in [0.5, 0.6) is 0 Å². The third kappa shape index (κ3) is 5.80. The predicted molar refractivity (Wildman–Crippen MR) is 264 cm³/mol. The van der Waals surface area contributed by atoms with E-state index in [0.717, 1.165) is 28.2 Å². The van der Waals surface area contributed by atoms with Gasteiger partial charge in [-0.3, -0.25) is 0 Å². The molecule has 11 aromatic rings. The number of anilines is 3.